The average molecular weight is 580 g/mol. The van der Waals surface area contributed by atoms with Crippen molar-refractivity contribution in [3.8, 4) is 22.9 Å². The first kappa shape index (κ1) is 27.5. The number of fused-ring (bicyclic) bond motifs is 1. The Kier molecular flexibility index (Phi) is 6.93. The maximum absolute atomic E-state index is 13.4. The summed E-state index contributed by atoms with van der Waals surface area (Å²) in [5.74, 6) is -0.237. The molecular weight excluding hydrogens is 554 g/mol. The molecule has 0 unspecified atom stereocenters. The second-order valence-electron chi connectivity index (χ2n) is 10.3. The number of halogens is 4. The van der Waals surface area contributed by atoms with Crippen LogP contribution in [0.5, 0.6) is 11.5 Å². The van der Waals surface area contributed by atoms with Gasteiger partial charge in [0.05, 0.1) is 6.20 Å². The van der Waals surface area contributed by atoms with E-state index in [9.17, 15) is 27.2 Å². The number of nitrogens with zero attached hydrogens (tertiary/aromatic N) is 4. The fourth-order valence-electron chi connectivity index (χ4n) is 5.28. The van der Waals surface area contributed by atoms with Crippen molar-refractivity contribution in [1.29, 1.82) is 0 Å². The summed E-state index contributed by atoms with van der Waals surface area (Å²) < 4.78 is 60.5. The quantitative estimate of drug-likeness (QED) is 0.284. The maximum atomic E-state index is 13.4. The van der Waals surface area contributed by atoms with Crippen LogP contribution < -0.4 is 15.0 Å². The highest BCUT2D eigenvalue weighted by molar-refractivity contribution is 6.05. The zero-order valence-electron chi connectivity index (χ0n) is 22.4. The van der Waals surface area contributed by atoms with E-state index in [0.29, 0.717) is 30.8 Å². The lowest BCUT2D eigenvalue weighted by Gasteiger charge is -2.26. The number of amides is 3. The average Bonchev–Trinajstić information content (AvgIpc) is 3.52. The molecule has 42 heavy (non-hydrogen) atoms. The highest BCUT2D eigenvalue weighted by Crippen LogP contribution is 2.39. The molecule has 1 aromatic heterocycles. The summed E-state index contributed by atoms with van der Waals surface area (Å²) in [6.45, 7) is 2.33. The van der Waals surface area contributed by atoms with Gasteiger partial charge < -0.3 is 9.30 Å². The van der Waals surface area contributed by atoms with Crippen LogP contribution in [0.15, 0.2) is 66.9 Å². The summed E-state index contributed by atoms with van der Waals surface area (Å²) in [7, 11) is 1.83. The van der Waals surface area contributed by atoms with Crippen molar-refractivity contribution >= 4 is 17.8 Å². The molecule has 216 valence electrons. The molecule has 0 radical (unpaired) electrons. The van der Waals surface area contributed by atoms with E-state index < -0.39 is 29.3 Å². The van der Waals surface area contributed by atoms with Gasteiger partial charge in [-0.15, -0.1) is 0 Å². The van der Waals surface area contributed by atoms with Crippen molar-refractivity contribution in [2.24, 2.45) is 7.05 Å². The summed E-state index contributed by atoms with van der Waals surface area (Å²) in [6.07, 6.45) is -2.90. The fourth-order valence-corrected chi connectivity index (χ4v) is 5.28. The number of nitrogens with one attached hydrogen (secondary N) is 1. The predicted molar refractivity (Wildman–Crippen MR) is 145 cm³/mol. The molecule has 3 amide bonds. The van der Waals surface area contributed by atoms with Crippen LogP contribution in [-0.2, 0) is 37.7 Å². The number of carbonyl (C=O) groups excluding carboxylic acids is 2. The predicted octanol–water partition coefficient (Wildman–Crippen LogP) is 6.00. The third-order valence-corrected chi connectivity index (χ3v) is 7.35. The molecule has 0 bridgehead atoms. The summed E-state index contributed by atoms with van der Waals surface area (Å²) in [5, 5.41) is 2.33. The smallest absolute Gasteiger partial charge is 0.420 e. The number of urea groups is 1. The summed E-state index contributed by atoms with van der Waals surface area (Å²) in [5.41, 5.74) is 3.01. The first-order valence-electron chi connectivity index (χ1n) is 13.2. The molecule has 1 fully saturated rings. The zero-order valence-corrected chi connectivity index (χ0v) is 22.4. The molecule has 1 N–H and O–H groups in total. The van der Waals surface area contributed by atoms with Crippen molar-refractivity contribution in [2.45, 2.75) is 32.2 Å². The van der Waals surface area contributed by atoms with Crippen molar-refractivity contribution in [3.05, 3.63) is 94.9 Å². The van der Waals surface area contributed by atoms with Gasteiger partial charge in [-0.05, 0) is 53.1 Å². The second-order valence-corrected chi connectivity index (χ2v) is 10.3. The Morgan fingerprint density at radius 1 is 0.976 bits per heavy atom. The number of ether oxygens (including phenoxy) is 1. The van der Waals surface area contributed by atoms with Gasteiger partial charge in [-0.25, -0.2) is 14.2 Å². The van der Waals surface area contributed by atoms with E-state index in [1.54, 1.807) is 30.5 Å². The van der Waals surface area contributed by atoms with Gasteiger partial charge in [0.15, 0.2) is 0 Å². The molecule has 2 aliphatic rings. The van der Waals surface area contributed by atoms with Crippen LogP contribution in [0.1, 0.15) is 28.7 Å². The van der Waals surface area contributed by atoms with E-state index in [0.717, 1.165) is 35.4 Å². The number of imidazole rings is 1. The minimum absolute atomic E-state index is 0.216. The molecule has 8 nitrogen and oxygen atoms in total. The minimum atomic E-state index is -4.74. The number of alkyl halides is 3. The molecule has 0 atom stereocenters. The van der Waals surface area contributed by atoms with Gasteiger partial charge in [0, 0.05) is 45.2 Å². The van der Waals surface area contributed by atoms with E-state index in [4.69, 9.17) is 4.74 Å². The highest BCUT2D eigenvalue weighted by Gasteiger charge is 2.35. The van der Waals surface area contributed by atoms with Gasteiger partial charge in [0.1, 0.15) is 34.5 Å². The molecule has 0 aliphatic carbocycles. The van der Waals surface area contributed by atoms with Crippen molar-refractivity contribution in [1.82, 2.24) is 19.8 Å². The molecule has 6 rings (SSSR count). The lowest BCUT2D eigenvalue weighted by molar-refractivity contribution is -0.138. The highest BCUT2D eigenvalue weighted by atomic mass is 19.4. The molecule has 12 heteroatoms. The van der Waals surface area contributed by atoms with Crippen LogP contribution in [-0.4, -0.2) is 32.9 Å². The summed E-state index contributed by atoms with van der Waals surface area (Å²) in [6, 6.07) is 14.8. The Labute approximate surface area is 238 Å². The number of anilines is 1. The van der Waals surface area contributed by atoms with Gasteiger partial charge in [-0.3, -0.25) is 19.9 Å². The second kappa shape index (κ2) is 10.6. The monoisotopic (exact) mass is 579 g/mol. The van der Waals surface area contributed by atoms with Gasteiger partial charge >= 0.3 is 12.2 Å². The molecular formula is C30H25F4N5O3. The Hall–Kier alpha value is -4.71. The molecule has 2 aliphatic heterocycles. The van der Waals surface area contributed by atoms with Crippen LogP contribution in [0.4, 0.5) is 28.2 Å². The number of hydrogen-bond donors (Lipinski definition) is 1. The summed E-state index contributed by atoms with van der Waals surface area (Å²) >= 11 is 0. The Morgan fingerprint density at radius 2 is 1.74 bits per heavy atom. The van der Waals surface area contributed by atoms with E-state index in [-0.39, 0.29) is 24.6 Å². The van der Waals surface area contributed by atoms with Crippen LogP contribution >= 0.6 is 0 Å². The maximum Gasteiger partial charge on any atom is 0.420 e. The molecule has 4 aromatic rings. The number of hydrogen-bond acceptors (Lipinski definition) is 5. The summed E-state index contributed by atoms with van der Waals surface area (Å²) in [4.78, 5) is 32.1. The van der Waals surface area contributed by atoms with Crippen LogP contribution in [0.3, 0.4) is 0 Å². The Morgan fingerprint density at radius 3 is 2.48 bits per heavy atom. The lowest BCUT2D eigenvalue weighted by atomic mass is 10.1. The Balaban J connectivity index is 1.12. The van der Waals surface area contributed by atoms with Crippen LogP contribution in [0.2, 0.25) is 0 Å². The van der Waals surface area contributed by atoms with Crippen molar-refractivity contribution in [3.63, 3.8) is 0 Å². The topological polar surface area (TPSA) is 79.7 Å². The van der Waals surface area contributed by atoms with Gasteiger partial charge in [-0.1, -0.05) is 24.3 Å². The van der Waals surface area contributed by atoms with E-state index >= 15 is 0 Å². The third-order valence-electron chi connectivity index (χ3n) is 7.35. The van der Waals surface area contributed by atoms with E-state index in [1.165, 1.54) is 10.5 Å². The van der Waals surface area contributed by atoms with Crippen molar-refractivity contribution in [2.75, 3.05) is 11.4 Å². The SMILES string of the molecule is Cn1c(N2CCC(=O)NC2=O)cnc1-c1ccc2c(c1)CN(Cc1ccc(Oc3ccc(F)cc3C(F)(F)F)cc1)C2. The normalized spacial score (nSPS) is 15.6. The molecule has 0 spiro atoms. The van der Waals surface area contributed by atoms with E-state index in [1.807, 2.05) is 17.7 Å². The molecule has 3 heterocycles. The molecule has 1 saturated heterocycles. The van der Waals surface area contributed by atoms with Gasteiger partial charge in [-0.2, -0.15) is 13.2 Å². The van der Waals surface area contributed by atoms with Crippen molar-refractivity contribution < 1.29 is 31.9 Å². The standard InChI is InChI=1S/C30H25F4N5O3/c1-37-27(39-11-10-26(40)36-29(39)41)14-35-28(37)19-4-5-20-16-38(17-21(20)12-19)15-18-2-7-23(8-3-18)42-25-9-6-22(31)13-24(25)30(32,33)34/h2-9,12-14H,10-11,15-17H2,1H3,(H,36,40,41). The zero-order chi connectivity index (χ0) is 29.6. The fraction of sp³-hybridized carbons (Fsp3) is 0.233. The number of aromatic nitrogens is 2. The number of imide groups is 1. The third kappa shape index (κ3) is 5.45. The number of carbonyl (C=O) groups is 2. The molecule has 3 aromatic carbocycles. The number of benzene rings is 3. The van der Waals surface area contributed by atoms with Gasteiger partial charge in [0.2, 0.25) is 5.91 Å². The van der Waals surface area contributed by atoms with Gasteiger partial charge in [0.25, 0.3) is 0 Å². The van der Waals surface area contributed by atoms with Crippen LogP contribution in [0.25, 0.3) is 11.4 Å². The first-order chi connectivity index (χ1) is 20.0. The molecule has 0 saturated carbocycles. The lowest BCUT2D eigenvalue weighted by Crippen LogP contribution is -2.50. The Bertz CT molecular complexity index is 1680. The first-order valence-corrected chi connectivity index (χ1v) is 13.2. The van der Waals surface area contributed by atoms with E-state index in [2.05, 4.69) is 27.3 Å². The van der Waals surface area contributed by atoms with Crippen LogP contribution in [0, 0.1) is 5.82 Å². The minimum Gasteiger partial charge on any atom is -0.457 e. The largest absolute Gasteiger partial charge is 0.457 e. The number of rotatable bonds is 6.